The van der Waals surface area contributed by atoms with Gasteiger partial charge in [0.25, 0.3) is 0 Å². The summed E-state index contributed by atoms with van der Waals surface area (Å²) in [6.45, 7) is 3.16. The Morgan fingerprint density at radius 3 is 2.00 bits per heavy atom. The van der Waals surface area contributed by atoms with Crippen molar-refractivity contribution in [3.63, 3.8) is 0 Å². The molecular weight excluding hydrogens is 117 g/mol. The van der Waals surface area contributed by atoms with Crippen LogP contribution in [-0.4, -0.2) is 6.18 Å². The number of alkyl halides is 3. The van der Waals surface area contributed by atoms with E-state index in [1.807, 2.05) is 0 Å². The normalized spacial score (nSPS) is 11.5. The molecule has 0 aliphatic heterocycles. The van der Waals surface area contributed by atoms with Gasteiger partial charge in [0.1, 0.15) is 0 Å². The number of halogens is 3. The quantitative estimate of drug-likeness (QED) is 0.496. The molecule has 0 aromatic rings. The molecule has 0 rings (SSSR count). The van der Waals surface area contributed by atoms with Crippen LogP contribution in [0.1, 0.15) is 12.8 Å². The van der Waals surface area contributed by atoms with Crippen molar-refractivity contribution in [1.82, 2.24) is 0 Å². The largest absolute Gasteiger partial charge is 0.393 e. The summed E-state index contributed by atoms with van der Waals surface area (Å²) >= 11 is 0. The van der Waals surface area contributed by atoms with Gasteiger partial charge < -0.3 is 0 Å². The molecule has 0 aromatic carbocycles. The SMILES string of the molecule is [CH2-][CH+]CCC(F)(F)F. The van der Waals surface area contributed by atoms with Gasteiger partial charge in [0.05, 0.1) is 12.8 Å². The predicted molar refractivity (Wildman–Crippen MR) is 24.9 cm³/mol. The highest BCUT2D eigenvalue weighted by atomic mass is 19.4. The van der Waals surface area contributed by atoms with Gasteiger partial charge in [-0.2, -0.15) is 13.2 Å². The molecule has 0 aliphatic rings. The van der Waals surface area contributed by atoms with Crippen LogP contribution in [0.5, 0.6) is 0 Å². The Kier molecular flexibility index (Phi) is 2.72. The third-order valence-corrected chi connectivity index (χ3v) is 0.632. The lowest BCUT2D eigenvalue weighted by Gasteiger charge is -2.00. The van der Waals surface area contributed by atoms with Crippen LogP contribution < -0.4 is 0 Å². The molecule has 8 heavy (non-hydrogen) atoms. The number of hydrogen-bond donors (Lipinski definition) is 0. The molecule has 0 N–H and O–H groups in total. The Balaban J connectivity index is 3.11. The highest BCUT2D eigenvalue weighted by Crippen LogP contribution is 2.21. The van der Waals surface area contributed by atoms with E-state index in [2.05, 4.69) is 6.92 Å². The molecule has 0 unspecified atom stereocenters. The second-order valence-electron chi connectivity index (χ2n) is 1.44. The van der Waals surface area contributed by atoms with E-state index < -0.39 is 12.6 Å². The first kappa shape index (κ1) is 7.66. The lowest BCUT2D eigenvalue weighted by atomic mass is 10.2. The summed E-state index contributed by atoms with van der Waals surface area (Å²) in [5.41, 5.74) is 0. The second kappa shape index (κ2) is 2.84. The standard InChI is InChI=1S/C5H7F3/c1-2-3-4-5(6,7)8/h2H,1,3-4H2. The van der Waals surface area contributed by atoms with Crippen molar-refractivity contribution < 1.29 is 13.2 Å². The number of unbranched alkanes of at least 4 members (excludes halogenated alkanes) is 1. The van der Waals surface area contributed by atoms with Crippen LogP contribution in [0.2, 0.25) is 0 Å². The van der Waals surface area contributed by atoms with E-state index in [-0.39, 0.29) is 6.42 Å². The molecule has 0 saturated heterocycles. The maximum absolute atomic E-state index is 11.2. The summed E-state index contributed by atoms with van der Waals surface area (Å²) < 4.78 is 33.6. The highest BCUT2D eigenvalue weighted by molar-refractivity contribution is 4.67. The van der Waals surface area contributed by atoms with Gasteiger partial charge in [-0.15, -0.1) is 6.92 Å². The lowest BCUT2D eigenvalue weighted by Crippen LogP contribution is -2.05. The minimum Gasteiger partial charge on any atom is -0.171 e. The van der Waals surface area contributed by atoms with Crippen LogP contribution in [0, 0.1) is 13.3 Å². The molecule has 0 fully saturated rings. The van der Waals surface area contributed by atoms with Crippen LogP contribution in [0.25, 0.3) is 0 Å². The topological polar surface area (TPSA) is 0 Å². The first-order chi connectivity index (χ1) is 3.56. The van der Waals surface area contributed by atoms with E-state index in [4.69, 9.17) is 0 Å². The van der Waals surface area contributed by atoms with Crippen molar-refractivity contribution in [3.8, 4) is 0 Å². The third kappa shape index (κ3) is 5.66. The van der Waals surface area contributed by atoms with Gasteiger partial charge >= 0.3 is 6.18 Å². The summed E-state index contributed by atoms with van der Waals surface area (Å²) in [6, 6.07) is 0. The third-order valence-electron chi connectivity index (χ3n) is 0.632. The lowest BCUT2D eigenvalue weighted by molar-refractivity contribution is -0.133. The maximum Gasteiger partial charge on any atom is 0.393 e. The maximum atomic E-state index is 11.2. The van der Waals surface area contributed by atoms with Crippen molar-refractivity contribution in [2.45, 2.75) is 19.0 Å². The van der Waals surface area contributed by atoms with Crippen molar-refractivity contribution in [3.05, 3.63) is 13.3 Å². The van der Waals surface area contributed by atoms with Gasteiger partial charge in [-0.05, 0) is 0 Å². The van der Waals surface area contributed by atoms with Crippen LogP contribution in [0.4, 0.5) is 13.2 Å². The number of hydrogen-bond acceptors (Lipinski definition) is 0. The zero-order chi connectivity index (χ0) is 6.62. The molecule has 0 radical (unpaired) electrons. The Labute approximate surface area is 46.7 Å². The molecule has 0 bridgehead atoms. The first-order valence-corrected chi connectivity index (χ1v) is 2.24. The zero-order valence-electron chi connectivity index (χ0n) is 4.33. The van der Waals surface area contributed by atoms with Crippen LogP contribution >= 0.6 is 0 Å². The molecule has 0 amide bonds. The number of rotatable bonds is 2. The Morgan fingerprint density at radius 2 is 1.88 bits per heavy atom. The highest BCUT2D eigenvalue weighted by Gasteiger charge is 2.26. The van der Waals surface area contributed by atoms with E-state index in [0.29, 0.717) is 0 Å². The van der Waals surface area contributed by atoms with E-state index in [1.165, 1.54) is 6.42 Å². The van der Waals surface area contributed by atoms with Gasteiger partial charge in [0, 0.05) is 0 Å². The molecular formula is C5H7F3. The molecule has 3 heteroatoms. The van der Waals surface area contributed by atoms with Crippen LogP contribution in [0.15, 0.2) is 0 Å². The van der Waals surface area contributed by atoms with E-state index in [0.717, 1.165) is 0 Å². The van der Waals surface area contributed by atoms with Gasteiger partial charge in [-0.1, -0.05) is 6.42 Å². The van der Waals surface area contributed by atoms with Crippen LogP contribution in [-0.2, 0) is 0 Å². The summed E-state index contributed by atoms with van der Waals surface area (Å²) in [5.74, 6) is 0. The van der Waals surface area contributed by atoms with Crippen molar-refractivity contribution >= 4 is 0 Å². The summed E-state index contributed by atoms with van der Waals surface area (Å²) in [6.07, 6.45) is -3.50. The average Bonchev–Trinajstić information content (AvgIpc) is 1.59. The molecule has 48 valence electrons. The smallest absolute Gasteiger partial charge is 0.171 e. The molecule has 0 atom stereocenters. The Bertz CT molecular complexity index is 55.2. The van der Waals surface area contributed by atoms with Gasteiger partial charge in [-0.3, -0.25) is 0 Å². The fraction of sp³-hybridized carbons (Fsp3) is 0.600. The summed E-state index contributed by atoms with van der Waals surface area (Å²) in [4.78, 5) is 0. The van der Waals surface area contributed by atoms with E-state index >= 15 is 0 Å². The monoisotopic (exact) mass is 124 g/mol. The molecule has 0 spiro atoms. The Morgan fingerprint density at radius 1 is 1.38 bits per heavy atom. The van der Waals surface area contributed by atoms with E-state index in [9.17, 15) is 13.2 Å². The van der Waals surface area contributed by atoms with Gasteiger partial charge in [0.2, 0.25) is 0 Å². The summed E-state index contributed by atoms with van der Waals surface area (Å²) in [5, 5.41) is 0. The molecule has 0 aromatic heterocycles. The van der Waals surface area contributed by atoms with E-state index in [1.54, 1.807) is 0 Å². The van der Waals surface area contributed by atoms with Crippen molar-refractivity contribution in [1.29, 1.82) is 0 Å². The minimum atomic E-state index is -4.02. The molecule has 0 aliphatic carbocycles. The fourth-order valence-electron chi connectivity index (χ4n) is 0.266. The van der Waals surface area contributed by atoms with Crippen LogP contribution in [0.3, 0.4) is 0 Å². The zero-order valence-corrected chi connectivity index (χ0v) is 4.33. The molecule has 0 nitrogen and oxygen atoms in total. The van der Waals surface area contributed by atoms with Gasteiger partial charge in [0.15, 0.2) is 0 Å². The Hall–Kier alpha value is -0.340. The summed E-state index contributed by atoms with van der Waals surface area (Å²) in [7, 11) is 0. The minimum absolute atomic E-state index is 0.0174. The second-order valence-corrected chi connectivity index (χ2v) is 1.44. The van der Waals surface area contributed by atoms with Gasteiger partial charge in [-0.25, -0.2) is 0 Å². The first-order valence-electron chi connectivity index (χ1n) is 2.24. The average molecular weight is 124 g/mol. The van der Waals surface area contributed by atoms with Crippen molar-refractivity contribution in [2.75, 3.05) is 0 Å². The predicted octanol–water partition coefficient (Wildman–Crippen LogP) is 2.37. The molecule has 0 heterocycles. The fourth-order valence-corrected chi connectivity index (χ4v) is 0.266. The molecule has 0 saturated carbocycles. The van der Waals surface area contributed by atoms with Crippen molar-refractivity contribution in [2.24, 2.45) is 0 Å².